The van der Waals surface area contributed by atoms with Crippen molar-refractivity contribution in [2.45, 2.75) is 24.3 Å². The number of carbonyl (C=O) groups excluding carboxylic acids is 3. The summed E-state index contributed by atoms with van der Waals surface area (Å²) in [6, 6.07) is 7.12. The van der Waals surface area contributed by atoms with E-state index < -0.39 is 17.8 Å². The number of halogens is 1. The Morgan fingerprint density at radius 3 is 2.67 bits per heavy atom. The van der Waals surface area contributed by atoms with E-state index in [0.717, 1.165) is 12.0 Å². The van der Waals surface area contributed by atoms with Gasteiger partial charge in [0.2, 0.25) is 0 Å². The van der Waals surface area contributed by atoms with Crippen molar-refractivity contribution >= 4 is 33.7 Å². The summed E-state index contributed by atoms with van der Waals surface area (Å²) in [7, 11) is 0. The largest absolute Gasteiger partial charge is 0.461 e. The Bertz CT molecular complexity index is 713. The van der Waals surface area contributed by atoms with Gasteiger partial charge in [-0.05, 0) is 19.3 Å². The molecule has 0 unspecified atom stereocenters. The van der Waals surface area contributed by atoms with E-state index >= 15 is 0 Å². The first kappa shape index (κ1) is 15.8. The molecule has 4 rings (SSSR count). The summed E-state index contributed by atoms with van der Waals surface area (Å²) in [5.41, 5.74) is 1.57. The monoisotopic (exact) mass is 392 g/mol. The van der Waals surface area contributed by atoms with Gasteiger partial charge in [-0.2, -0.15) is 0 Å². The highest BCUT2D eigenvalue weighted by Crippen LogP contribution is 2.60. The maximum atomic E-state index is 12.5. The van der Waals surface area contributed by atoms with Crippen LogP contribution in [0.1, 0.15) is 22.3 Å². The first-order valence-corrected chi connectivity index (χ1v) is 9.00. The number of benzene rings is 1. The second kappa shape index (κ2) is 5.69. The van der Waals surface area contributed by atoms with Crippen molar-refractivity contribution in [3.63, 3.8) is 0 Å². The van der Waals surface area contributed by atoms with Crippen LogP contribution >= 0.6 is 15.9 Å². The molecule has 0 N–H and O–H groups in total. The summed E-state index contributed by atoms with van der Waals surface area (Å²) in [4.78, 5) is 36.7. The lowest BCUT2D eigenvalue weighted by molar-refractivity contribution is -0.154. The van der Waals surface area contributed by atoms with Crippen molar-refractivity contribution in [3.05, 3.63) is 35.4 Å². The molecule has 2 saturated carbocycles. The smallest absolute Gasteiger partial charge is 0.310 e. The summed E-state index contributed by atoms with van der Waals surface area (Å²) in [6.07, 6.45) is 0.675. The van der Waals surface area contributed by atoms with Crippen molar-refractivity contribution < 1.29 is 23.9 Å². The molecule has 5 nitrogen and oxygen atoms in total. The highest BCUT2D eigenvalue weighted by molar-refractivity contribution is 9.09. The number of alkyl halides is 1. The van der Waals surface area contributed by atoms with Crippen LogP contribution in [0.15, 0.2) is 24.3 Å². The molecule has 1 saturated heterocycles. The average Bonchev–Trinajstić information content (AvgIpc) is 3.17. The van der Waals surface area contributed by atoms with Gasteiger partial charge < -0.3 is 9.47 Å². The van der Waals surface area contributed by atoms with Crippen LogP contribution in [0.2, 0.25) is 0 Å². The minimum absolute atomic E-state index is 0.00412. The fraction of sp³-hybridized carbons (Fsp3) is 0.500. The molecule has 0 radical (unpaired) electrons. The maximum Gasteiger partial charge on any atom is 0.310 e. The van der Waals surface area contributed by atoms with Crippen molar-refractivity contribution in [1.29, 1.82) is 0 Å². The van der Waals surface area contributed by atoms with Gasteiger partial charge in [-0.25, -0.2) is 0 Å². The number of rotatable bonds is 4. The van der Waals surface area contributed by atoms with Crippen molar-refractivity contribution in [3.8, 4) is 0 Å². The Morgan fingerprint density at radius 2 is 1.96 bits per heavy atom. The van der Waals surface area contributed by atoms with Gasteiger partial charge in [-0.3, -0.25) is 14.4 Å². The van der Waals surface area contributed by atoms with Crippen LogP contribution in [0.3, 0.4) is 0 Å². The molecule has 6 atom stereocenters. The van der Waals surface area contributed by atoms with Crippen LogP contribution in [0.5, 0.6) is 0 Å². The number of ketones is 1. The first-order valence-electron chi connectivity index (χ1n) is 8.08. The number of ether oxygens (including phenoxy) is 2. The lowest BCUT2D eigenvalue weighted by Crippen LogP contribution is -2.39. The SMILES string of the molecule is Cc1ccc(C(=O)COC(=O)[C@@H]2[C@H]3C[C@H]4[C@H](OC(=O)[C@@H]42)[C@H]3Br)cc1. The molecule has 2 aliphatic carbocycles. The molecular formula is C18H17BrO5. The first-order chi connectivity index (χ1) is 11.5. The van der Waals surface area contributed by atoms with Crippen LogP contribution in [-0.2, 0) is 19.1 Å². The van der Waals surface area contributed by atoms with Crippen LogP contribution in [0, 0.1) is 30.6 Å². The van der Waals surface area contributed by atoms with Gasteiger partial charge in [-0.15, -0.1) is 0 Å². The Morgan fingerprint density at radius 1 is 1.25 bits per heavy atom. The van der Waals surface area contributed by atoms with Crippen molar-refractivity contribution in [2.75, 3.05) is 6.61 Å². The molecule has 0 aromatic heterocycles. The Kier molecular flexibility index (Phi) is 3.75. The number of aryl methyl sites for hydroxylation is 1. The fourth-order valence-electron chi connectivity index (χ4n) is 4.35. The minimum atomic E-state index is -0.503. The van der Waals surface area contributed by atoms with Crippen molar-refractivity contribution in [1.82, 2.24) is 0 Å². The summed E-state index contributed by atoms with van der Waals surface area (Å²) in [5, 5.41) is 0. The summed E-state index contributed by atoms with van der Waals surface area (Å²) >= 11 is 3.56. The van der Waals surface area contributed by atoms with E-state index in [0.29, 0.717) is 5.56 Å². The van der Waals surface area contributed by atoms with Gasteiger partial charge in [0.05, 0.1) is 16.7 Å². The number of hydrogen-bond acceptors (Lipinski definition) is 5. The molecule has 0 amide bonds. The number of fused-ring (bicyclic) bond motifs is 1. The second-order valence-corrected chi connectivity index (χ2v) is 7.92. The molecular weight excluding hydrogens is 376 g/mol. The minimum Gasteiger partial charge on any atom is -0.461 e. The van der Waals surface area contributed by atoms with Gasteiger partial charge in [0.15, 0.2) is 12.4 Å². The molecule has 0 spiro atoms. The van der Waals surface area contributed by atoms with Crippen molar-refractivity contribution in [2.24, 2.45) is 23.7 Å². The Labute approximate surface area is 147 Å². The number of hydrogen-bond donors (Lipinski definition) is 0. The number of carbonyl (C=O) groups is 3. The van der Waals surface area contributed by atoms with Crippen LogP contribution in [-0.4, -0.2) is 35.3 Å². The standard InChI is InChI=1S/C18H17BrO5/c1-8-2-4-9(5-3-8)12(20)7-23-17(21)13-10-6-11-14(13)18(22)24-16(11)15(10)19/h2-5,10-11,13-16H,6-7H2,1H3/t10-,11-,13-,14+,15+,16+/m1/s1. The van der Waals surface area contributed by atoms with E-state index in [4.69, 9.17) is 9.47 Å². The fourth-order valence-corrected chi connectivity index (χ4v) is 5.39. The second-order valence-electron chi connectivity index (χ2n) is 6.86. The van der Waals surface area contributed by atoms with Crippen LogP contribution in [0.4, 0.5) is 0 Å². The molecule has 3 aliphatic rings. The van der Waals surface area contributed by atoms with Crippen LogP contribution < -0.4 is 0 Å². The molecule has 24 heavy (non-hydrogen) atoms. The zero-order valence-electron chi connectivity index (χ0n) is 13.1. The van der Waals surface area contributed by atoms with E-state index in [1.54, 1.807) is 12.1 Å². The quantitative estimate of drug-likeness (QED) is 0.446. The zero-order chi connectivity index (χ0) is 17.0. The van der Waals surface area contributed by atoms with E-state index in [1.807, 2.05) is 19.1 Å². The predicted molar refractivity (Wildman–Crippen MR) is 87.6 cm³/mol. The lowest BCUT2D eigenvalue weighted by Gasteiger charge is -2.26. The summed E-state index contributed by atoms with van der Waals surface area (Å²) in [6.45, 7) is 1.64. The van der Waals surface area contributed by atoms with E-state index in [9.17, 15) is 14.4 Å². The third-order valence-corrected chi connectivity index (χ3v) is 6.71. The number of Topliss-reactive ketones (excluding diaryl/α,β-unsaturated/α-hetero) is 1. The Hall–Kier alpha value is -1.69. The highest BCUT2D eigenvalue weighted by Gasteiger charge is 2.68. The predicted octanol–water partition coefficient (Wildman–Crippen LogP) is 2.29. The molecule has 1 aromatic carbocycles. The summed E-state index contributed by atoms with van der Waals surface area (Å²) in [5.74, 6) is -1.78. The highest BCUT2D eigenvalue weighted by atomic mass is 79.9. The van der Waals surface area contributed by atoms with Gasteiger partial charge in [0.1, 0.15) is 6.10 Å². The normalized spacial score (nSPS) is 35.8. The van der Waals surface area contributed by atoms with Crippen LogP contribution in [0.25, 0.3) is 0 Å². The number of esters is 2. The molecule has 126 valence electrons. The van der Waals surface area contributed by atoms with E-state index in [-0.39, 0.29) is 41.1 Å². The molecule has 1 aromatic rings. The third-order valence-electron chi connectivity index (χ3n) is 5.51. The molecule has 2 bridgehead atoms. The molecule has 1 aliphatic heterocycles. The van der Waals surface area contributed by atoms with Gasteiger partial charge in [-0.1, -0.05) is 45.8 Å². The molecule has 6 heteroatoms. The van der Waals surface area contributed by atoms with E-state index in [1.165, 1.54) is 0 Å². The zero-order valence-corrected chi connectivity index (χ0v) is 14.7. The summed E-state index contributed by atoms with van der Waals surface area (Å²) < 4.78 is 10.6. The maximum absolute atomic E-state index is 12.5. The molecule has 3 fully saturated rings. The van der Waals surface area contributed by atoms with Gasteiger partial charge >= 0.3 is 11.9 Å². The topological polar surface area (TPSA) is 69.7 Å². The Balaban J connectivity index is 1.43. The molecule has 1 heterocycles. The average molecular weight is 393 g/mol. The third kappa shape index (κ3) is 2.31. The lowest BCUT2D eigenvalue weighted by atomic mass is 9.80. The van der Waals surface area contributed by atoms with E-state index in [2.05, 4.69) is 15.9 Å². The van der Waals surface area contributed by atoms with Gasteiger partial charge in [0, 0.05) is 11.5 Å². The van der Waals surface area contributed by atoms with Gasteiger partial charge in [0.25, 0.3) is 0 Å².